The molecule has 1 aromatic heterocycles. The third-order valence-corrected chi connectivity index (χ3v) is 5.21. The summed E-state index contributed by atoms with van der Waals surface area (Å²) in [4.78, 5) is 15.5. The Morgan fingerprint density at radius 3 is 3.05 bits per heavy atom. The fourth-order valence-corrected chi connectivity index (χ4v) is 4.03. The second-order valence-electron chi connectivity index (χ2n) is 5.57. The van der Waals surface area contributed by atoms with Crippen LogP contribution < -0.4 is 5.73 Å². The van der Waals surface area contributed by atoms with Gasteiger partial charge in [-0.3, -0.25) is 4.79 Å². The van der Waals surface area contributed by atoms with Crippen molar-refractivity contribution in [2.45, 2.75) is 31.7 Å². The molecule has 1 aliphatic rings. The molecule has 1 unspecified atom stereocenters. The number of piperidine rings is 1. The molecule has 2 aromatic rings. The van der Waals surface area contributed by atoms with Crippen LogP contribution >= 0.6 is 11.3 Å². The average Bonchev–Trinajstić information content (AvgIpc) is 2.90. The Labute approximate surface area is 128 Å². The zero-order valence-electron chi connectivity index (χ0n) is 11.9. The van der Waals surface area contributed by atoms with Gasteiger partial charge in [-0.05, 0) is 55.3 Å². The first-order chi connectivity index (χ1) is 10.2. The van der Waals surface area contributed by atoms with Crippen LogP contribution in [0.2, 0.25) is 0 Å². The predicted octanol–water partition coefficient (Wildman–Crippen LogP) is 2.86. The summed E-state index contributed by atoms with van der Waals surface area (Å²) in [5.74, 6) is 0.0907. The minimum atomic E-state index is 0.0907. The molecule has 1 saturated heterocycles. The molecule has 0 spiro atoms. The molecule has 112 valence electrons. The number of rotatable bonds is 3. The lowest BCUT2D eigenvalue weighted by atomic mass is 9.99. The molecule has 3 rings (SSSR count). The van der Waals surface area contributed by atoms with E-state index in [-0.39, 0.29) is 18.6 Å². The SMILES string of the molecule is Nc1ccc2sc(C(=O)N3CCCCC3CCO)cc2c1. The topological polar surface area (TPSA) is 66.6 Å². The predicted molar refractivity (Wildman–Crippen MR) is 86.6 cm³/mol. The lowest BCUT2D eigenvalue weighted by molar-refractivity contribution is 0.0579. The lowest BCUT2D eigenvalue weighted by Crippen LogP contribution is -2.43. The highest BCUT2D eigenvalue weighted by molar-refractivity contribution is 7.20. The number of amides is 1. The zero-order valence-corrected chi connectivity index (χ0v) is 12.7. The Bertz CT molecular complexity index is 651. The molecule has 0 bridgehead atoms. The maximum atomic E-state index is 12.8. The normalized spacial score (nSPS) is 19.1. The van der Waals surface area contributed by atoms with E-state index in [0.29, 0.717) is 6.42 Å². The average molecular weight is 304 g/mol. The summed E-state index contributed by atoms with van der Waals surface area (Å²) in [6.45, 7) is 0.928. The van der Waals surface area contributed by atoms with Crippen LogP contribution in [0.3, 0.4) is 0 Å². The Hall–Kier alpha value is -1.59. The summed E-state index contributed by atoms with van der Waals surface area (Å²) in [6.07, 6.45) is 3.84. The van der Waals surface area contributed by atoms with Gasteiger partial charge in [-0.15, -0.1) is 11.3 Å². The number of likely N-dealkylation sites (tertiary alicyclic amines) is 1. The number of hydrogen-bond acceptors (Lipinski definition) is 4. The number of anilines is 1. The van der Waals surface area contributed by atoms with E-state index in [1.54, 1.807) is 0 Å². The standard InChI is InChI=1S/C16H20N2O2S/c17-12-4-5-14-11(9-12)10-15(21-14)16(20)18-7-2-1-3-13(18)6-8-19/h4-5,9-10,13,19H,1-3,6-8,17H2. The van der Waals surface area contributed by atoms with Crippen molar-refractivity contribution in [1.29, 1.82) is 0 Å². The minimum Gasteiger partial charge on any atom is -0.399 e. The van der Waals surface area contributed by atoms with Crippen molar-refractivity contribution in [1.82, 2.24) is 4.90 Å². The number of fused-ring (bicyclic) bond motifs is 1. The molecule has 1 aliphatic heterocycles. The third kappa shape index (κ3) is 2.89. The lowest BCUT2D eigenvalue weighted by Gasteiger charge is -2.35. The number of aliphatic hydroxyl groups excluding tert-OH is 1. The molecule has 0 saturated carbocycles. The number of nitrogens with zero attached hydrogens (tertiary/aromatic N) is 1. The van der Waals surface area contributed by atoms with E-state index in [1.165, 1.54) is 11.3 Å². The molecule has 0 aliphatic carbocycles. The number of nitrogens with two attached hydrogens (primary N) is 1. The Morgan fingerprint density at radius 1 is 1.38 bits per heavy atom. The quantitative estimate of drug-likeness (QED) is 0.857. The van der Waals surface area contributed by atoms with Crippen molar-refractivity contribution < 1.29 is 9.90 Å². The van der Waals surface area contributed by atoms with Crippen molar-refractivity contribution in [2.24, 2.45) is 0 Å². The van der Waals surface area contributed by atoms with E-state index in [2.05, 4.69) is 0 Å². The Morgan fingerprint density at radius 2 is 2.24 bits per heavy atom. The van der Waals surface area contributed by atoms with Crippen molar-refractivity contribution in [3.63, 3.8) is 0 Å². The van der Waals surface area contributed by atoms with E-state index >= 15 is 0 Å². The van der Waals surface area contributed by atoms with E-state index in [0.717, 1.165) is 46.5 Å². The Kier molecular flexibility index (Phi) is 4.12. The third-order valence-electron chi connectivity index (χ3n) is 4.10. The van der Waals surface area contributed by atoms with Crippen LogP contribution in [0.4, 0.5) is 5.69 Å². The highest BCUT2D eigenvalue weighted by Gasteiger charge is 2.27. The van der Waals surface area contributed by atoms with Crippen LogP contribution in [-0.4, -0.2) is 35.1 Å². The molecule has 3 N–H and O–H groups in total. The molecule has 5 heteroatoms. The van der Waals surface area contributed by atoms with Gasteiger partial charge in [0.1, 0.15) is 0 Å². The highest BCUT2D eigenvalue weighted by atomic mass is 32.1. The smallest absolute Gasteiger partial charge is 0.264 e. The van der Waals surface area contributed by atoms with E-state index in [1.807, 2.05) is 29.2 Å². The summed E-state index contributed by atoms with van der Waals surface area (Å²) in [5, 5.41) is 10.2. The first-order valence-electron chi connectivity index (χ1n) is 7.40. The number of benzene rings is 1. The first kappa shape index (κ1) is 14.4. The summed E-state index contributed by atoms with van der Waals surface area (Å²) >= 11 is 1.52. The largest absolute Gasteiger partial charge is 0.399 e. The minimum absolute atomic E-state index is 0.0907. The molecule has 0 radical (unpaired) electrons. The van der Waals surface area contributed by atoms with Gasteiger partial charge >= 0.3 is 0 Å². The molecular formula is C16H20N2O2S. The molecular weight excluding hydrogens is 284 g/mol. The van der Waals surface area contributed by atoms with Gasteiger partial charge in [0, 0.05) is 29.6 Å². The summed E-state index contributed by atoms with van der Waals surface area (Å²) in [7, 11) is 0. The van der Waals surface area contributed by atoms with E-state index in [4.69, 9.17) is 5.73 Å². The van der Waals surface area contributed by atoms with Crippen LogP contribution in [0.15, 0.2) is 24.3 Å². The van der Waals surface area contributed by atoms with Crippen molar-refractivity contribution in [3.05, 3.63) is 29.1 Å². The number of thiophene rings is 1. The Balaban J connectivity index is 1.87. The van der Waals surface area contributed by atoms with Gasteiger partial charge in [-0.25, -0.2) is 0 Å². The summed E-state index contributed by atoms with van der Waals surface area (Å²) < 4.78 is 1.09. The summed E-state index contributed by atoms with van der Waals surface area (Å²) in [6, 6.07) is 7.84. The number of aliphatic hydroxyl groups is 1. The molecule has 1 amide bonds. The number of hydrogen-bond donors (Lipinski definition) is 2. The van der Waals surface area contributed by atoms with Crippen LogP contribution in [-0.2, 0) is 0 Å². The maximum absolute atomic E-state index is 12.8. The summed E-state index contributed by atoms with van der Waals surface area (Å²) in [5.41, 5.74) is 6.51. The fraction of sp³-hybridized carbons (Fsp3) is 0.438. The van der Waals surface area contributed by atoms with Gasteiger partial charge in [0.05, 0.1) is 4.88 Å². The van der Waals surface area contributed by atoms with Crippen molar-refractivity contribution in [2.75, 3.05) is 18.9 Å². The van der Waals surface area contributed by atoms with Gasteiger partial charge in [-0.2, -0.15) is 0 Å². The monoisotopic (exact) mass is 304 g/mol. The number of nitrogen functional groups attached to an aromatic ring is 1. The van der Waals surface area contributed by atoms with Gasteiger partial charge in [0.25, 0.3) is 5.91 Å². The van der Waals surface area contributed by atoms with E-state index in [9.17, 15) is 9.90 Å². The number of carbonyl (C=O) groups is 1. The van der Waals surface area contributed by atoms with Gasteiger partial charge in [-0.1, -0.05) is 0 Å². The molecule has 1 fully saturated rings. The van der Waals surface area contributed by atoms with Crippen molar-refractivity contribution >= 4 is 33.0 Å². The van der Waals surface area contributed by atoms with Crippen LogP contribution in [0, 0.1) is 0 Å². The van der Waals surface area contributed by atoms with E-state index < -0.39 is 0 Å². The fourth-order valence-electron chi connectivity index (χ4n) is 3.03. The maximum Gasteiger partial charge on any atom is 0.264 e. The van der Waals surface area contributed by atoms with Gasteiger partial charge < -0.3 is 15.7 Å². The highest BCUT2D eigenvalue weighted by Crippen LogP contribution is 2.30. The molecule has 4 nitrogen and oxygen atoms in total. The van der Waals surface area contributed by atoms with Gasteiger partial charge in [0.15, 0.2) is 0 Å². The first-order valence-corrected chi connectivity index (χ1v) is 8.21. The number of carbonyl (C=O) groups excluding carboxylic acids is 1. The molecule has 21 heavy (non-hydrogen) atoms. The van der Waals surface area contributed by atoms with Crippen LogP contribution in [0.25, 0.3) is 10.1 Å². The second-order valence-corrected chi connectivity index (χ2v) is 6.65. The zero-order chi connectivity index (χ0) is 14.8. The van der Waals surface area contributed by atoms with Crippen LogP contribution in [0.1, 0.15) is 35.4 Å². The van der Waals surface area contributed by atoms with Crippen molar-refractivity contribution in [3.8, 4) is 0 Å². The molecule has 2 heterocycles. The van der Waals surface area contributed by atoms with Crippen LogP contribution in [0.5, 0.6) is 0 Å². The van der Waals surface area contributed by atoms with Gasteiger partial charge in [0.2, 0.25) is 0 Å². The molecule has 1 aromatic carbocycles. The molecule has 1 atom stereocenters. The second kappa shape index (κ2) is 6.03.